The van der Waals surface area contributed by atoms with E-state index < -0.39 is 0 Å². The van der Waals surface area contributed by atoms with Gasteiger partial charge in [0.05, 0.1) is 36.0 Å². The zero-order chi connectivity index (χ0) is 20.5. The fourth-order valence-electron chi connectivity index (χ4n) is 3.94. The largest absolute Gasteiger partial charge is 0.339 e. The molecular formula is C23H25N7. The average molecular weight is 400 g/mol. The van der Waals surface area contributed by atoms with Gasteiger partial charge in [-0.2, -0.15) is 0 Å². The minimum Gasteiger partial charge on any atom is -0.339 e. The SMILES string of the molecule is C[C@H](N)C1=NC=C(c2ccc(-c3cnc(-c4cnc([C@@H]5CCCN5)[nH]4)cn3)cc2)C1. The van der Waals surface area contributed by atoms with E-state index in [0.717, 1.165) is 59.1 Å². The fourth-order valence-corrected chi connectivity index (χ4v) is 3.94. The number of aromatic amines is 1. The number of aliphatic imine (C=N–C) groups is 1. The standard InChI is InChI=1S/C23H25N7/c1-14(24)19-9-17(10-26-19)15-4-6-16(7-5-15)20-11-28-21(12-27-20)22-13-29-23(30-22)18-3-2-8-25-18/h4-7,10-14,18,25H,2-3,8-9,24H2,1H3,(H,29,30)/t14-,18-/m0/s1. The van der Waals surface area contributed by atoms with Crippen molar-refractivity contribution in [3.63, 3.8) is 0 Å². The number of hydrogen-bond acceptors (Lipinski definition) is 6. The molecule has 0 unspecified atom stereocenters. The first-order valence-electron chi connectivity index (χ1n) is 10.4. The summed E-state index contributed by atoms with van der Waals surface area (Å²) in [6.45, 7) is 3.02. The van der Waals surface area contributed by atoms with Crippen molar-refractivity contribution >= 4 is 11.3 Å². The van der Waals surface area contributed by atoms with Crippen molar-refractivity contribution in [3.05, 3.63) is 60.4 Å². The maximum absolute atomic E-state index is 5.94. The molecule has 152 valence electrons. The molecular weight excluding hydrogens is 374 g/mol. The molecule has 0 bridgehead atoms. The number of nitrogens with zero attached hydrogens (tertiary/aromatic N) is 4. The number of nitrogens with one attached hydrogen (secondary N) is 2. The van der Waals surface area contributed by atoms with Gasteiger partial charge in [-0.3, -0.25) is 15.0 Å². The van der Waals surface area contributed by atoms with Crippen LogP contribution in [0, 0.1) is 0 Å². The Hall–Kier alpha value is -3.16. The number of aromatic nitrogens is 4. The Bertz CT molecular complexity index is 1090. The Balaban J connectivity index is 1.29. The first-order chi connectivity index (χ1) is 14.7. The molecule has 0 amide bonds. The summed E-state index contributed by atoms with van der Waals surface area (Å²) in [4.78, 5) is 21.5. The summed E-state index contributed by atoms with van der Waals surface area (Å²) in [6.07, 6.45) is 10.5. The van der Waals surface area contributed by atoms with E-state index in [4.69, 9.17) is 5.73 Å². The maximum atomic E-state index is 5.94. The lowest BCUT2D eigenvalue weighted by molar-refractivity contribution is 0.613. The molecule has 0 saturated carbocycles. The van der Waals surface area contributed by atoms with E-state index in [9.17, 15) is 0 Å². The monoisotopic (exact) mass is 399 g/mol. The Kier molecular flexibility index (Phi) is 4.98. The second-order valence-corrected chi connectivity index (χ2v) is 7.94. The van der Waals surface area contributed by atoms with Gasteiger partial charge in [0, 0.05) is 29.9 Å². The normalized spacial score (nSPS) is 19.6. The Morgan fingerprint density at radius 1 is 1.00 bits per heavy atom. The summed E-state index contributed by atoms with van der Waals surface area (Å²) in [5.74, 6) is 0.973. The van der Waals surface area contributed by atoms with Gasteiger partial charge in [0.2, 0.25) is 0 Å². The number of benzene rings is 1. The van der Waals surface area contributed by atoms with Crippen LogP contribution in [0.1, 0.15) is 43.6 Å². The highest BCUT2D eigenvalue weighted by atomic mass is 15.0. The third-order valence-electron chi connectivity index (χ3n) is 5.75. The first kappa shape index (κ1) is 18.8. The van der Waals surface area contributed by atoms with Gasteiger partial charge in [-0.05, 0) is 37.4 Å². The highest BCUT2D eigenvalue weighted by molar-refractivity contribution is 6.01. The summed E-state index contributed by atoms with van der Waals surface area (Å²) < 4.78 is 0. The molecule has 4 N–H and O–H groups in total. The van der Waals surface area contributed by atoms with Crippen LogP contribution >= 0.6 is 0 Å². The van der Waals surface area contributed by atoms with Crippen LogP contribution in [-0.2, 0) is 0 Å². The number of allylic oxidation sites excluding steroid dienone is 1. The fraction of sp³-hybridized carbons (Fsp3) is 0.304. The molecule has 1 saturated heterocycles. The number of imidazole rings is 1. The van der Waals surface area contributed by atoms with Gasteiger partial charge in [0.25, 0.3) is 0 Å². The van der Waals surface area contributed by atoms with E-state index in [0.29, 0.717) is 6.04 Å². The lowest BCUT2D eigenvalue weighted by Crippen LogP contribution is -2.25. The van der Waals surface area contributed by atoms with Gasteiger partial charge >= 0.3 is 0 Å². The predicted octanol–water partition coefficient (Wildman–Crippen LogP) is 3.49. The van der Waals surface area contributed by atoms with E-state index in [1.165, 1.54) is 12.0 Å². The smallest absolute Gasteiger partial charge is 0.123 e. The van der Waals surface area contributed by atoms with Crippen LogP contribution in [0.4, 0.5) is 0 Å². The average Bonchev–Trinajstić information content (AvgIpc) is 3.55. The van der Waals surface area contributed by atoms with Crippen molar-refractivity contribution in [1.29, 1.82) is 0 Å². The molecule has 3 aromatic rings. The summed E-state index contributed by atoms with van der Waals surface area (Å²) in [7, 11) is 0. The second-order valence-electron chi connectivity index (χ2n) is 7.94. The van der Waals surface area contributed by atoms with Gasteiger partial charge in [-0.25, -0.2) is 4.98 Å². The Labute approximate surface area is 175 Å². The van der Waals surface area contributed by atoms with Crippen molar-refractivity contribution in [2.45, 2.75) is 38.3 Å². The molecule has 2 aromatic heterocycles. The molecule has 0 radical (unpaired) electrons. The van der Waals surface area contributed by atoms with Crippen molar-refractivity contribution in [1.82, 2.24) is 25.3 Å². The van der Waals surface area contributed by atoms with Crippen LogP contribution in [-0.4, -0.2) is 38.2 Å². The molecule has 7 nitrogen and oxygen atoms in total. The van der Waals surface area contributed by atoms with Crippen molar-refractivity contribution < 1.29 is 0 Å². The summed E-state index contributed by atoms with van der Waals surface area (Å²) >= 11 is 0. The Morgan fingerprint density at radius 3 is 2.43 bits per heavy atom. The summed E-state index contributed by atoms with van der Waals surface area (Å²) in [5.41, 5.74) is 12.9. The van der Waals surface area contributed by atoms with Gasteiger partial charge in [-0.1, -0.05) is 24.3 Å². The molecule has 0 aliphatic carbocycles. The molecule has 1 fully saturated rings. The zero-order valence-electron chi connectivity index (χ0n) is 17.0. The minimum atomic E-state index is -0.00723. The van der Waals surface area contributed by atoms with Gasteiger partial charge in [-0.15, -0.1) is 0 Å². The third-order valence-corrected chi connectivity index (χ3v) is 5.75. The summed E-state index contributed by atoms with van der Waals surface area (Å²) in [6, 6.07) is 8.66. The van der Waals surface area contributed by atoms with Crippen LogP contribution < -0.4 is 11.1 Å². The molecule has 2 aliphatic rings. The van der Waals surface area contributed by atoms with E-state index in [1.807, 2.05) is 25.5 Å². The third kappa shape index (κ3) is 3.69. The second kappa shape index (κ2) is 7.93. The number of nitrogens with two attached hydrogens (primary N) is 1. The first-order valence-corrected chi connectivity index (χ1v) is 10.4. The number of rotatable bonds is 5. The number of H-pyrrole nitrogens is 1. The van der Waals surface area contributed by atoms with Gasteiger partial charge in [0.1, 0.15) is 11.5 Å². The molecule has 7 heteroatoms. The molecule has 0 spiro atoms. The lowest BCUT2D eigenvalue weighted by atomic mass is 9.99. The highest BCUT2D eigenvalue weighted by Gasteiger charge is 2.19. The molecule has 1 aromatic carbocycles. The van der Waals surface area contributed by atoms with Crippen LogP contribution in [0.2, 0.25) is 0 Å². The summed E-state index contributed by atoms with van der Waals surface area (Å²) in [5, 5.41) is 3.45. The molecule has 30 heavy (non-hydrogen) atoms. The van der Waals surface area contributed by atoms with Crippen LogP contribution in [0.3, 0.4) is 0 Å². The van der Waals surface area contributed by atoms with E-state index >= 15 is 0 Å². The van der Waals surface area contributed by atoms with Gasteiger partial charge in [0.15, 0.2) is 0 Å². The van der Waals surface area contributed by atoms with Crippen molar-refractivity contribution in [3.8, 4) is 22.6 Å². The number of hydrogen-bond donors (Lipinski definition) is 3. The predicted molar refractivity (Wildman–Crippen MR) is 119 cm³/mol. The molecule has 2 atom stereocenters. The highest BCUT2D eigenvalue weighted by Crippen LogP contribution is 2.27. The van der Waals surface area contributed by atoms with Crippen LogP contribution in [0.25, 0.3) is 28.2 Å². The van der Waals surface area contributed by atoms with Crippen molar-refractivity contribution in [2.75, 3.05) is 6.54 Å². The molecule has 4 heterocycles. The van der Waals surface area contributed by atoms with E-state index in [1.54, 1.807) is 6.20 Å². The molecule has 2 aliphatic heterocycles. The zero-order valence-corrected chi connectivity index (χ0v) is 17.0. The van der Waals surface area contributed by atoms with Crippen LogP contribution in [0.15, 0.2) is 54.0 Å². The van der Waals surface area contributed by atoms with E-state index in [2.05, 4.69) is 54.5 Å². The minimum absolute atomic E-state index is 0.00723. The Morgan fingerprint density at radius 2 is 1.77 bits per heavy atom. The van der Waals surface area contributed by atoms with Gasteiger partial charge < -0.3 is 16.0 Å². The van der Waals surface area contributed by atoms with Crippen LogP contribution in [0.5, 0.6) is 0 Å². The lowest BCUT2D eigenvalue weighted by Gasteiger charge is -2.08. The topological polar surface area (TPSA) is 105 Å². The quantitative estimate of drug-likeness (QED) is 0.609. The molecule has 5 rings (SSSR count). The van der Waals surface area contributed by atoms with Crippen molar-refractivity contribution in [2.24, 2.45) is 10.7 Å². The van der Waals surface area contributed by atoms with E-state index in [-0.39, 0.29) is 6.04 Å². The maximum Gasteiger partial charge on any atom is 0.123 e.